The molecule has 214 valence electrons. The van der Waals surface area contributed by atoms with Gasteiger partial charge in [0.15, 0.2) is 0 Å². The molecule has 0 aliphatic carbocycles. The monoisotopic (exact) mass is 576 g/mol. The molecule has 0 saturated carbocycles. The average Bonchev–Trinajstić information content (AvgIpc) is 3.46. The number of carbonyl (C=O) groups excluding carboxylic acids is 3. The summed E-state index contributed by atoms with van der Waals surface area (Å²) in [4.78, 5) is 48.0. The quantitative estimate of drug-likeness (QED) is 0.226. The molecule has 2 aromatic carbocycles. The van der Waals surface area contributed by atoms with Gasteiger partial charge in [0.05, 0.1) is 37.3 Å². The van der Waals surface area contributed by atoms with E-state index in [9.17, 15) is 14.4 Å². The van der Waals surface area contributed by atoms with Gasteiger partial charge in [-0.15, -0.1) is 11.3 Å². The fourth-order valence-electron chi connectivity index (χ4n) is 4.79. The SMILES string of the molecule is CCOC(=O)C1=C(COC(C)=O)N=C(C)C(C(=O)OCC)C1c1ccccc1-c1nc(-c2ccc(OC)cc2)cs1. The van der Waals surface area contributed by atoms with Gasteiger partial charge in [-0.1, -0.05) is 24.3 Å². The van der Waals surface area contributed by atoms with Crippen molar-refractivity contribution in [1.29, 1.82) is 0 Å². The maximum atomic E-state index is 13.5. The molecule has 10 heteroatoms. The van der Waals surface area contributed by atoms with E-state index in [-0.39, 0.29) is 31.1 Å². The molecular weight excluding hydrogens is 544 g/mol. The first-order chi connectivity index (χ1) is 19.8. The second-order valence-electron chi connectivity index (χ2n) is 9.18. The molecule has 0 amide bonds. The minimum Gasteiger partial charge on any atom is -0.497 e. The van der Waals surface area contributed by atoms with Gasteiger partial charge < -0.3 is 18.9 Å². The molecule has 41 heavy (non-hydrogen) atoms. The van der Waals surface area contributed by atoms with Crippen LogP contribution in [-0.2, 0) is 28.6 Å². The fraction of sp³-hybridized carbons (Fsp3) is 0.323. The van der Waals surface area contributed by atoms with Crippen molar-refractivity contribution in [2.24, 2.45) is 10.9 Å². The van der Waals surface area contributed by atoms with Gasteiger partial charge in [0, 0.05) is 35.1 Å². The second kappa shape index (κ2) is 13.4. The standard InChI is InChI=1S/C31H32N2O7S/c1-6-38-30(35)26-18(3)32-24(16-40-19(4)34)28(31(36)39-7-2)27(26)22-10-8-9-11-23(22)29-33-25(17-41-29)20-12-14-21(37-5)15-13-20/h8-15,17,26-27H,6-7,16H2,1-5H3. The summed E-state index contributed by atoms with van der Waals surface area (Å²) in [6.45, 7) is 6.44. The van der Waals surface area contributed by atoms with Crippen LogP contribution in [0.5, 0.6) is 5.75 Å². The minimum absolute atomic E-state index is 0.113. The van der Waals surface area contributed by atoms with Crippen LogP contribution in [0.3, 0.4) is 0 Å². The first-order valence-electron chi connectivity index (χ1n) is 13.2. The van der Waals surface area contributed by atoms with E-state index >= 15 is 0 Å². The maximum Gasteiger partial charge on any atom is 0.336 e. The third-order valence-electron chi connectivity index (χ3n) is 6.58. The van der Waals surface area contributed by atoms with Crippen molar-refractivity contribution < 1.29 is 33.3 Å². The molecule has 2 atom stereocenters. The van der Waals surface area contributed by atoms with Crippen LogP contribution in [0.1, 0.15) is 39.2 Å². The van der Waals surface area contributed by atoms with Gasteiger partial charge in [-0.2, -0.15) is 0 Å². The smallest absolute Gasteiger partial charge is 0.336 e. The molecular formula is C31H32N2O7S. The lowest BCUT2D eigenvalue weighted by Crippen LogP contribution is -2.37. The minimum atomic E-state index is -0.905. The third-order valence-corrected chi connectivity index (χ3v) is 7.46. The van der Waals surface area contributed by atoms with Crippen molar-refractivity contribution in [3.63, 3.8) is 0 Å². The van der Waals surface area contributed by atoms with Crippen molar-refractivity contribution in [3.8, 4) is 27.6 Å². The lowest BCUT2D eigenvalue weighted by atomic mass is 9.74. The van der Waals surface area contributed by atoms with Crippen LogP contribution in [-0.4, -0.2) is 55.5 Å². The molecule has 4 rings (SSSR count). The molecule has 0 fully saturated rings. The van der Waals surface area contributed by atoms with Crippen LogP contribution in [0.25, 0.3) is 21.8 Å². The van der Waals surface area contributed by atoms with E-state index in [2.05, 4.69) is 4.99 Å². The van der Waals surface area contributed by atoms with Gasteiger partial charge in [-0.05, 0) is 50.6 Å². The molecule has 1 aromatic heterocycles. The van der Waals surface area contributed by atoms with E-state index in [4.69, 9.17) is 23.9 Å². The maximum absolute atomic E-state index is 13.5. The number of benzene rings is 2. The molecule has 1 aliphatic heterocycles. The molecule has 0 spiro atoms. The largest absolute Gasteiger partial charge is 0.497 e. The lowest BCUT2D eigenvalue weighted by Gasteiger charge is -2.33. The topological polar surface area (TPSA) is 113 Å². The molecule has 0 N–H and O–H groups in total. The van der Waals surface area contributed by atoms with Gasteiger partial charge >= 0.3 is 17.9 Å². The first-order valence-corrected chi connectivity index (χ1v) is 14.1. The number of rotatable bonds is 10. The summed E-state index contributed by atoms with van der Waals surface area (Å²) in [5.41, 5.74) is 3.95. The van der Waals surface area contributed by atoms with Gasteiger partial charge in [-0.25, -0.2) is 9.78 Å². The summed E-state index contributed by atoms with van der Waals surface area (Å²) in [7, 11) is 1.62. The highest BCUT2D eigenvalue weighted by molar-refractivity contribution is 7.13. The van der Waals surface area contributed by atoms with E-state index in [1.54, 1.807) is 27.9 Å². The fourth-order valence-corrected chi connectivity index (χ4v) is 5.67. The van der Waals surface area contributed by atoms with Crippen LogP contribution in [0, 0.1) is 5.92 Å². The molecule has 1 aliphatic rings. The highest BCUT2D eigenvalue weighted by Crippen LogP contribution is 2.44. The molecule has 2 unspecified atom stereocenters. The summed E-state index contributed by atoms with van der Waals surface area (Å²) in [5.74, 6) is -2.65. The predicted molar refractivity (Wildman–Crippen MR) is 156 cm³/mol. The molecule has 3 aromatic rings. The summed E-state index contributed by atoms with van der Waals surface area (Å²) in [6, 6.07) is 15.1. The summed E-state index contributed by atoms with van der Waals surface area (Å²) in [6.07, 6.45) is 0. The zero-order valence-electron chi connectivity index (χ0n) is 23.6. The number of hydrogen-bond acceptors (Lipinski definition) is 10. The molecule has 9 nitrogen and oxygen atoms in total. The van der Waals surface area contributed by atoms with E-state index in [1.165, 1.54) is 18.3 Å². The average molecular weight is 577 g/mol. The highest BCUT2D eigenvalue weighted by Gasteiger charge is 2.44. The Morgan fingerprint density at radius 2 is 1.66 bits per heavy atom. The van der Waals surface area contributed by atoms with Crippen molar-refractivity contribution in [2.75, 3.05) is 26.9 Å². The van der Waals surface area contributed by atoms with E-state index in [1.807, 2.05) is 53.9 Å². The highest BCUT2D eigenvalue weighted by atomic mass is 32.1. The lowest BCUT2D eigenvalue weighted by molar-refractivity contribution is -0.146. The summed E-state index contributed by atoms with van der Waals surface area (Å²) >= 11 is 1.45. The van der Waals surface area contributed by atoms with Crippen molar-refractivity contribution in [2.45, 2.75) is 33.6 Å². The first kappa shape index (κ1) is 29.7. The van der Waals surface area contributed by atoms with Gasteiger partial charge in [-0.3, -0.25) is 14.6 Å². The number of esters is 3. The number of methoxy groups -OCH3 is 1. The Kier molecular flexibility index (Phi) is 9.67. The van der Waals surface area contributed by atoms with Crippen LogP contribution in [0.4, 0.5) is 0 Å². The van der Waals surface area contributed by atoms with Crippen LogP contribution in [0.15, 0.2) is 70.2 Å². The van der Waals surface area contributed by atoms with Crippen molar-refractivity contribution >= 4 is 35.0 Å². The Morgan fingerprint density at radius 3 is 2.32 bits per heavy atom. The van der Waals surface area contributed by atoms with E-state index in [0.29, 0.717) is 16.3 Å². The van der Waals surface area contributed by atoms with Crippen molar-refractivity contribution in [3.05, 3.63) is 70.7 Å². The zero-order valence-corrected chi connectivity index (χ0v) is 24.4. The number of aromatic nitrogens is 1. The predicted octanol–water partition coefficient (Wildman–Crippen LogP) is 5.60. The summed E-state index contributed by atoms with van der Waals surface area (Å²) in [5, 5.41) is 2.66. The van der Waals surface area contributed by atoms with Crippen LogP contribution < -0.4 is 4.74 Å². The van der Waals surface area contributed by atoms with Gasteiger partial charge in [0.1, 0.15) is 23.3 Å². The van der Waals surface area contributed by atoms with E-state index < -0.39 is 29.7 Å². The molecule has 0 bridgehead atoms. The number of thiazole rings is 1. The Morgan fingerprint density at radius 1 is 0.951 bits per heavy atom. The van der Waals surface area contributed by atoms with E-state index in [0.717, 1.165) is 22.6 Å². The molecule has 2 heterocycles. The van der Waals surface area contributed by atoms with Crippen LogP contribution in [0.2, 0.25) is 0 Å². The Hall–Kier alpha value is -4.31. The number of carbonyl (C=O) groups is 3. The summed E-state index contributed by atoms with van der Waals surface area (Å²) < 4.78 is 21.4. The Labute approximate surface area is 242 Å². The Bertz CT molecular complexity index is 1490. The second-order valence-corrected chi connectivity index (χ2v) is 10.0. The number of nitrogens with zero attached hydrogens (tertiary/aromatic N) is 2. The van der Waals surface area contributed by atoms with Gasteiger partial charge in [0.25, 0.3) is 0 Å². The molecule has 0 radical (unpaired) electrons. The van der Waals surface area contributed by atoms with Crippen molar-refractivity contribution in [1.82, 2.24) is 4.98 Å². The Balaban J connectivity index is 1.89. The van der Waals surface area contributed by atoms with Crippen LogP contribution >= 0.6 is 11.3 Å². The zero-order chi connectivity index (χ0) is 29.5. The number of hydrogen-bond donors (Lipinski definition) is 0. The number of aliphatic imine (C=N–C) groups is 1. The number of ether oxygens (including phenoxy) is 4. The normalized spacial score (nSPS) is 16.6. The third kappa shape index (κ3) is 6.54. The molecule has 0 saturated heterocycles. The van der Waals surface area contributed by atoms with Gasteiger partial charge in [0.2, 0.25) is 0 Å².